The molecule has 3 nitrogen and oxygen atoms in total. The van der Waals surface area contributed by atoms with E-state index in [9.17, 15) is 0 Å². The lowest BCUT2D eigenvalue weighted by atomic mass is 9.84. The predicted octanol–water partition coefficient (Wildman–Crippen LogP) is 2.84. The zero-order valence-electron chi connectivity index (χ0n) is 12.3. The van der Waals surface area contributed by atoms with E-state index in [0.29, 0.717) is 12.1 Å². The molecule has 1 aliphatic carbocycles. The molecule has 0 bridgehead atoms. The van der Waals surface area contributed by atoms with Gasteiger partial charge in [-0.15, -0.1) is 0 Å². The summed E-state index contributed by atoms with van der Waals surface area (Å²) in [5, 5.41) is 3.64. The highest BCUT2D eigenvalue weighted by atomic mass is 16.5. The molecule has 1 saturated carbocycles. The van der Waals surface area contributed by atoms with Crippen LogP contribution >= 0.6 is 0 Å². The summed E-state index contributed by atoms with van der Waals surface area (Å²) in [6, 6.07) is 9.37. The Morgan fingerprint density at radius 2 is 2.21 bits per heavy atom. The fraction of sp³-hybridized carbons (Fsp3) is 0.625. The maximum Gasteiger partial charge on any atom is 0.0987 e. The Hall–Kier alpha value is -0.900. The third-order valence-corrected chi connectivity index (χ3v) is 3.91. The second-order valence-electron chi connectivity index (χ2n) is 5.34. The van der Waals surface area contributed by atoms with Crippen molar-refractivity contribution < 1.29 is 9.47 Å². The first kappa shape index (κ1) is 14.5. The van der Waals surface area contributed by atoms with Gasteiger partial charge in [0.2, 0.25) is 0 Å². The molecule has 1 N–H and O–H groups in total. The van der Waals surface area contributed by atoms with Gasteiger partial charge >= 0.3 is 0 Å². The van der Waals surface area contributed by atoms with Crippen molar-refractivity contribution in [1.82, 2.24) is 5.32 Å². The molecule has 1 fully saturated rings. The van der Waals surface area contributed by atoms with E-state index in [0.717, 1.165) is 13.0 Å². The average Bonchev–Trinajstić information content (AvgIpc) is 2.37. The van der Waals surface area contributed by atoms with Crippen LogP contribution in [0.5, 0.6) is 0 Å². The zero-order chi connectivity index (χ0) is 13.8. The average molecular weight is 263 g/mol. The third-order valence-electron chi connectivity index (χ3n) is 3.91. The van der Waals surface area contributed by atoms with Gasteiger partial charge in [0.1, 0.15) is 0 Å². The summed E-state index contributed by atoms with van der Waals surface area (Å²) in [5.41, 5.74) is 2.63. The lowest BCUT2D eigenvalue weighted by Crippen LogP contribution is -2.60. The first-order valence-electron chi connectivity index (χ1n) is 7.12. The maximum absolute atomic E-state index is 5.65. The summed E-state index contributed by atoms with van der Waals surface area (Å²) in [7, 11) is 1.77. The van der Waals surface area contributed by atoms with Crippen molar-refractivity contribution in [3.05, 3.63) is 35.4 Å². The highest BCUT2D eigenvalue weighted by molar-refractivity contribution is 5.25. The quantitative estimate of drug-likeness (QED) is 0.856. The number of hydrogen-bond acceptors (Lipinski definition) is 3. The van der Waals surface area contributed by atoms with Gasteiger partial charge in [-0.1, -0.05) is 29.8 Å². The SMILES string of the molecule is CCOC1CC(N[C@@H](C)c2cccc(C)c2)C1OC. The van der Waals surface area contributed by atoms with Crippen LogP contribution in [0.25, 0.3) is 0 Å². The van der Waals surface area contributed by atoms with Crippen molar-refractivity contribution in [2.45, 2.75) is 51.5 Å². The van der Waals surface area contributed by atoms with Crippen molar-refractivity contribution >= 4 is 0 Å². The molecular formula is C16H25NO2. The van der Waals surface area contributed by atoms with Gasteiger partial charge in [0.05, 0.1) is 12.2 Å². The molecule has 0 saturated heterocycles. The van der Waals surface area contributed by atoms with Gasteiger partial charge in [-0.2, -0.15) is 0 Å². The standard InChI is InChI=1S/C16H25NO2/c1-5-19-15-10-14(16(15)18-4)17-12(3)13-8-6-7-11(2)9-13/h6-9,12,14-17H,5,10H2,1-4H3/t12-,14?,15?,16?/m0/s1. The van der Waals surface area contributed by atoms with Crippen molar-refractivity contribution in [2.24, 2.45) is 0 Å². The van der Waals surface area contributed by atoms with E-state index in [-0.39, 0.29) is 12.2 Å². The summed E-state index contributed by atoms with van der Waals surface area (Å²) in [5.74, 6) is 0. The molecule has 1 aromatic rings. The summed E-state index contributed by atoms with van der Waals surface area (Å²) >= 11 is 0. The summed E-state index contributed by atoms with van der Waals surface area (Å²) < 4.78 is 11.2. The Morgan fingerprint density at radius 1 is 1.42 bits per heavy atom. The maximum atomic E-state index is 5.65. The number of aryl methyl sites for hydroxylation is 1. The molecule has 4 atom stereocenters. The van der Waals surface area contributed by atoms with Crippen molar-refractivity contribution in [2.75, 3.05) is 13.7 Å². The van der Waals surface area contributed by atoms with Crippen molar-refractivity contribution in [3.63, 3.8) is 0 Å². The second-order valence-corrected chi connectivity index (χ2v) is 5.34. The van der Waals surface area contributed by atoms with E-state index in [1.54, 1.807) is 7.11 Å². The number of hydrogen-bond donors (Lipinski definition) is 1. The molecule has 0 amide bonds. The lowest BCUT2D eigenvalue weighted by Gasteiger charge is -2.44. The molecule has 106 valence electrons. The van der Waals surface area contributed by atoms with Gasteiger partial charge in [0.15, 0.2) is 0 Å². The van der Waals surface area contributed by atoms with Crippen LogP contribution in [0, 0.1) is 6.92 Å². The van der Waals surface area contributed by atoms with Crippen LogP contribution in [-0.4, -0.2) is 32.0 Å². The van der Waals surface area contributed by atoms with Gasteiger partial charge in [0, 0.05) is 25.8 Å². The Morgan fingerprint density at radius 3 is 2.84 bits per heavy atom. The van der Waals surface area contributed by atoms with Crippen molar-refractivity contribution in [3.8, 4) is 0 Å². The van der Waals surface area contributed by atoms with Gasteiger partial charge in [-0.25, -0.2) is 0 Å². The second kappa shape index (κ2) is 6.51. The highest BCUT2D eigenvalue weighted by Gasteiger charge is 2.42. The predicted molar refractivity (Wildman–Crippen MR) is 77.3 cm³/mol. The zero-order valence-corrected chi connectivity index (χ0v) is 12.3. The third kappa shape index (κ3) is 3.35. The Kier molecular flexibility index (Phi) is 4.97. The lowest BCUT2D eigenvalue weighted by molar-refractivity contribution is -0.133. The molecule has 0 aliphatic heterocycles. The van der Waals surface area contributed by atoms with Crippen LogP contribution in [0.4, 0.5) is 0 Å². The summed E-state index contributed by atoms with van der Waals surface area (Å²) in [6.07, 6.45) is 1.45. The number of benzene rings is 1. The molecule has 0 heterocycles. The molecule has 0 radical (unpaired) electrons. The molecule has 1 aromatic carbocycles. The number of rotatable bonds is 6. The number of methoxy groups -OCH3 is 1. The van der Waals surface area contributed by atoms with Crippen LogP contribution in [-0.2, 0) is 9.47 Å². The Labute approximate surface area is 116 Å². The molecule has 19 heavy (non-hydrogen) atoms. The van der Waals surface area contributed by atoms with E-state index < -0.39 is 0 Å². The number of ether oxygens (including phenoxy) is 2. The minimum absolute atomic E-state index is 0.173. The van der Waals surface area contributed by atoms with Crippen LogP contribution in [0.15, 0.2) is 24.3 Å². The van der Waals surface area contributed by atoms with E-state index in [4.69, 9.17) is 9.47 Å². The van der Waals surface area contributed by atoms with E-state index >= 15 is 0 Å². The van der Waals surface area contributed by atoms with Crippen LogP contribution in [0.1, 0.15) is 37.4 Å². The highest BCUT2D eigenvalue weighted by Crippen LogP contribution is 2.29. The largest absolute Gasteiger partial charge is 0.377 e. The Balaban J connectivity index is 1.91. The van der Waals surface area contributed by atoms with Gasteiger partial charge in [-0.3, -0.25) is 0 Å². The van der Waals surface area contributed by atoms with Crippen LogP contribution in [0.2, 0.25) is 0 Å². The van der Waals surface area contributed by atoms with Crippen LogP contribution in [0.3, 0.4) is 0 Å². The first-order valence-corrected chi connectivity index (χ1v) is 7.12. The van der Waals surface area contributed by atoms with Gasteiger partial charge in [-0.05, 0) is 32.8 Å². The molecule has 3 heteroatoms. The van der Waals surface area contributed by atoms with E-state index in [2.05, 4.69) is 43.4 Å². The minimum Gasteiger partial charge on any atom is -0.377 e. The molecule has 0 spiro atoms. The van der Waals surface area contributed by atoms with Crippen molar-refractivity contribution in [1.29, 1.82) is 0 Å². The minimum atomic E-state index is 0.173. The fourth-order valence-electron chi connectivity index (χ4n) is 2.79. The summed E-state index contributed by atoms with van der Waals surface area (Å²) in [4.78, 5) is 0. The monoisotopic (exact) mass is 263 g/mol. The first-order chi connectivity index (χ1) is 9.15. The molecule has 0 aromatic heterocycles. The molecule has 3 unspecified atom stereocenters. The van der Waals surface area contributed by atoms with Gasteiger partial charge in [0.25, 0.3) is 0 Å². The van der Waals surface area contributed by atoms with E-state index in [1.807, 2.05) is 6.92 Å². The molecule has 2 rings (SSSR count). The fourth-order valence-corrected chi connectivity index (χ4v) is 2.79. The van der Waals surface area contributed by atoms with Crippen LogP contribution < -0.4 is 5.32 Å². The molecule has 1 aliphatic rings. The Bertz CT molecular complexity index is 407. The number of nitrogens with one attached hydrogen (secondary N) is 1. The van der Waals surface area contributed by atoms with Gasteiger partial charge < -0.3 is 14.8 Å². The topological polar surface area (TPSA) is 30.5 Å². The molecular weight excluding hydrogens is 238 g/mol. The normalized spacial score (nSPS) is 27.9. The van der Waals surface area contributed by atoms with E-state index in [1.165, 1.54) is 11.1 Å². The summed E-state index contributed by atoms with van der Waals surface area (Å²) in [6.45, 7) is 7.12. The smallest absolute Gasteiger partial charge is 0.0987 e.